The lowest BCUT2D eigenvalue weighted by atomic mass is 10.1. The predicted molar refractivity (Wildman–Crippen MR) is 74.6 cm³/mol. The van der Waals surface area contributed by atoms with E-state index in [-0.39, 0.29) is 18.0 Å². The van der Waals surface area contributed by atoms with E-state index in [1.165, 1.54) is 0 Å². The Balaban J connectivity index is 2.05. The van der Waals surface area contributed by atoms with E-state index in [1.807, 2.05) is 0 Å². The summed E-state index contributed by atoms with van der Waals surface area (Å²) in [6.07, 6.45) is 0.443. The number of sulfonamides is 1. The van der Waals surface area contributed by atoms with E-state index in [1.54, 1.807) is 24.3 Å². The van der Waals surface area contributed by atoms with Gasteiger partial charge in [0.2, 0.25) is 10.0 Å². The highest BCUT2D eigenvalue weighted by Gasteiger charge is 2.33. The number of ether oxygens (including phenoxy) is 1. The van der Waals surface area contributed by atoms with Crippen LogP contribution in [-0.2, 0) is 20.1 Å². The second-order valence-electron chi connectivity index (χ2n) is 4.63. The third-order valence-electron chi connectivity index (χ3n) is 3.06. The van der Waals surface area contributed by atoms with Crippen LogP contribution in [0.15, 0.2) is 29.2 Å². The highest BCUT2D eigenvalue weighted by Crippen LogP contribution is 2.18. The molecule has 0 aliphatic carbocycles. The van der Waals surface area contributed by atoms with Gasteiger partial charge in [0.05, 0.1) is 11.5 Å². The number of nitrogens with one attached hydrogen (secondary N) is 1. The first-order valence-corrected chi connectivity index (χ1v) is 8.50. The van der Waals surface area contributed by atoms with Crippen molar-refractivity contribution >= 4 is 26.0 Å². The van der Waals surface area contributed by atoms with Crippen LogP contribution in [0.25, 0.3) is 0 Å². The molecule has 0 bridgehead atoms. The zero-order chi connectivity index (χ0) is 13.9. The van der Waals surface area contributed by atoms with Crippen molar-refractivity contribution in [1.29, 1.82) is 0 Å². The number of aliphatic hydroxyl groups is 1. The molecule has 1 aliphatic heterocycles. The molecule has 19 heavy (non-hydrogen) atoms. The molecule has 1 heterocycles. The SMILES string of the molecule is O=S(=O)(NCC1(O)CCOC1)c1ccc(CBr)cc1. The van der Waals surface area contributed by atoms with Crippen molar-refractivity contribution < 1.29 is 18.3 Å². The predicted octanol–water partition coefficient (Wildman–Crippen LogP) is 1.01. The lowest BCUT2D eigenvalue weighted by Crippen LogP contribution is -2.43. The summed E-state index contributed by atoms with van der Waals surface area (Å²) < 4.78 is 31.6. The number of benzene rings is 1. The van der Waals surface area contributed by atoms with E-state index < -0.39 is 15.6 Å². The minimum absolute atomic E-state index is 0.0322. The van der Waals surface area contributed by atoms with Gasteiger partial charge in [0.15, 0.2) is 0 Å². The molecule has 1 aromatic carbocycles. The Labute approximate surface area is 121 Å². The van der Waals surface area contributed by atoms with Gasteiger partial charge >= 0.3 is 0 Å². The molecule has 1 aliphatic rings. The van der Waals surface area contributed by atoms with Gasteiger partial charge in [0.25, 0.3) is 0 Å². The first-order valence-electron chi connectivity index (χ1n) is 5.90. The molecule has 2 rings (SSSR count). The first-order chi connectivity index (χ1) is 8.95. The molecule has 0 amide bonds. The van der Waals surface area contributed by atoms with E-state index in [9.17, 15) is 13.5 Å². The van der Waals surface area contributed by atoms with Gasteiger partial charge in [0, 0.05) is 24.9 Å². The maximum Gasteiger partial charge on any atom is 0.240 e. The number of halogens is 1. The van der Waals surface area contributed by atoms with Crippen LogP contribution in [0, 0.1) is 0 Å². The third kappa shape index (κ3) is 3.76. The van der Waals surface area contributed by atoms with Gasteiger partial charge in [-0.15, -0.1) is 0 Å². The molecule has 1 atom stereocenters. The Hall–Kier alpha value is -0.470. The number of alkyl halides is 1. The molecule has 7 heteroatoms. The van der Waals surface area contributed by atoms with Gasteiger partial charge in [-0.2, -0.15) is 0 Å². The number of hydrogen-bond donors (Lipinski definition) is 2. The summed E-state index contributed by atoms with van der Waals surface area (Å²) in [6, 6.07) is 6.59. The molecule has 0 radical (unpaired) electrons. The van der Waals surface area contributed by atoms with E-state index in [0.29, 0.717) is 18.4 Å². The van der Waals surface area contributed by atoms with Gasteiger partial charge in [-0.25, -0.2) is 13.1 Å². The van der Waals surface area contributed by atoms with Crippen LogP contribution in [0.4, 0.5) is 0 Å². The third-order valence-corrected chi connectivity index (χ3v) is 5.13. The van der Waals surface area contributed by atoms with Gasteiger partial charge in [-0.05, 0) is 17.7 Å². The zero-order valence-electron chi connectivity index (χ0n) is 10.3. The molecule has 1 fully saturated rings. The van der Waals surface area contributed by atoms with Crippen molar-refractivity contribution in [3.05, 3.63) is 29.8 Å². The molecule has 0 saturated carbocycles. The summed E-state index contributed by atoms with van der Waals surface area (Å²) in [5.41, 5.74) is -0.0927. The summed E-state index contributed by atoms with van der Waals surface area (Å²) in [4.78, 5) is 0.194. The van der Waals surface area contributed by atoms with Crippen LogP contribution in [0.3, 0.4) is 0 Å². The monoisotopic (exact) mass is 349 g/mol. The van der Waals surface area contributed by atoms with Gasteiger partial charge in [-0.3, -0.25) is 0 Å². The topological polar surface area (TPSA) is 75.6 Å². The number of rotatable bonds is 5. The van der Waals surface area contributed by atoms with Crippen molar-refractivity contribution in [1.82, 2.24) is 4.72 Å². The summed E-state index contributed by atoms with van der Waals surface area (Å²) in [5, 5.41) is 10.7. The van der Waals surface area contributed by atoms with Gasteiger partial charge < -0.3 is 9.84 Å². The van der Waals surface area contributed by atoms with Crippen molar-refractivity contribution in [2.75, 3.05) is 19.8 Å². The van der Waals surface area contributed by atoms with Gasteiger partial charge in [0.1, 0.15) is 5.60 Å². The Kier molecular flexibility index (Phi) is 4.62. The standard InChI is InChI=1S/C12H16BrNO4S/c13-7-10-1-3-11(4-2-10)19(16,17)14-8-12(15)5-6-18-9-12/h1-4,14-15H,5-9H2. The van der Waals surface area contributed by atoms with Crippen LogP contribution in [-0.4, -0.2) is 38.9 Å². The Morgan fingerprint density at radius 1 is 1.37 bits per heavy atom. The summed E-state index contributed by atoms with van der Waals surface area (Å²) >= 11 is 3.30. The van der Waals surface area contributed by atoms with Crippen molar-refractivity contribution in [3.8, 4) is 0 Å². The maximum atomic E-state index is 12.1. The number of hydrogen-bond acceptors (Lipinski definition) is 4. The summed E-state index contributed by atoms with van der Waals surface area (Å²) in [7, 11) is -3.59. The average Bonchev–Trinajstić information content (AvgIpc) is 2.84. The molecule has 5 nitrogen and oxygen atoms in total. The van der Waals surface area contributed by atoms with Crippen LogP contribution >= 0.6 is 15.9 Å². The molecule has 1 aromatic rings. The zero-order valence-corrected chi connectivity index (χ0v) is 12.7. The van der Waals surface area contributed by atoms with E-state index in [2.05, 4.69) is 20.7 Å². The van der Waals surface area contributed by atoms with Crippen LogP contribution in [0.5, 0.6) is 0 Å². The fraction of sp³-hybridized carbons (Fsp3) is 0.500. The summed E-state index contributed by atoms with van der Waals surface area (Å²) in [6.45, 7) is 0.589. The molecule has 1 saturated heterocycles. The van der Waals surface area contributed by atoms with Crippen molar-refractivity contribution in [3.63, 3.8) is 0 Å². The second-order valence-corrected chi connectivity index (χ2v) is 6.96. The van der Waals surface area contributed by atoms with Crippen LogP contribution < -0.4 is 4.72 Å². The minimum atomic E-state index is -3.59. The molecule has 0 aromatic heterocycles. The lowest BCUT2D eigenvalue weighted by Gasteiger charge is -2.20. The normalized spacial score (nSPS) is 23.7. The fourth-order valence-corrected chi connectivity index (χ4v) is 3.30. The van der Waals surface area contributed by atoms with Crippen molar-refractivity contribution in [2.24, 2.45) is 0 Å². The van der Waals surface area contributed by atoms with E-state index in [0.717, 1.165) is 5.56 Å². The molecule has 2 N–H and O–H groups in total. The van der Waals surface area contributed by atoms with E-state index in [4.69, 9.17) is 4.74 Å². The smallest absolute Gasteiger partial charge is 0.240 e. The lowest BCUT2D eigenvalue weighted by molar-refractivity contribution is 0.0314. The van der Waals surface area contributed by atoms with Gasteiger partial charge in [-0.1, -0.05) is 28.1 Å². The highest BCUT2D eigenvalue weighted by atomic mass is 79.9. The second kappa shape index (κ2) is 5.88. The Bertz CT molecular complexity index is 523. The molecule has 106 valence electrons. The highest BCUT2D eigenvalue weighted by molar-refractivity contribution is 9.08. The van der Waals surface area contributed by atoms with E-state index >= 15 is 0 Å². The molecular weight excluding hydrogens is 334 g/mol. The minimum Gasteiger partial charge on any atom is -0.386 e. The fourth-order valence-electron chi connectivity index (χ4n) is 1.81. The molecular formula is C12H16BrNO4S. The average molecular weight is 350 g/mol. The quantitative estimate of drug-likeness (QED) is 0.778. The van der Waals surface area contributed by atoms with Crippen LogP contribution in [0.2, 0.25) is 0 Å². The van der Waals surface area contributed by atoms with Crippen molar-refractivity contribution in [2.45, 2.75) is 22.2 Å². The first kappa shape index (κ1) is 14.9. The maximum absolute atomic E-state index is 12.1. The largest absolute Gasteiger partial charge is 0.386 e. The molecule has 0 spiro atoms. The Morgan fingerprint density at radius 2 is 2.05 bits per heavy atom. The molecule has 1 unspecified atom stereocenters. The summed E-state index contributed by atoms with van der Waals surface area (Å²) in [5.74, 6) is 0. The van der Waals surface area contributed by atoms with Crippen LogP contribution in [0.1, 0.15) is 12.0 Å². The Morgan fingerprint density at radius 3 is 2.58 bits per heavy atom.